The highest BCUT2D eigenvalue weighted by molar-refractivity contribution is 5.31. The number of fused-ring (bicyclic) bond motifs is 1. The second kappa shape index (κ2) is 5.52. The third-order valence-electron chi connectivity index (χ3n) is 5.67. The van der Waals surface area contributed by atoms with Crippen LogP contribution in [0.1, 0.15) is 62.1 Å². The van der Waals surface area contributed by atoms with Gasteiger partial charge in [-0.2, -0.15) is 0 Å². The minimum absolute atomic E-state index is 0.619. The first-order chi connectivity index (χ1) is 9.92. The zero-order chi connectivity index (χ0) is 13.4. The average molecular weight is 269 g/mol. The topological polar surface area (TPSA) is 12.0 Å². The summed E-state index contributed by atoms with van der Waals surface area (Å²) in [6.07, 6.45) is 11.4. The van der Waals surface area contributed by atoms with Gasteiger partial charge in [0.15, 0.2) is 0 Å². The first kappa shape index (κ1) is 12.9. The molecule has 108 valence electrons. The van der Waals surface area contributed by atoms with Crippen molar-refractivity contribution in [3.8, 4) is 0 Å². The molecule has 2 saturated carbocycles. The van der Waals surface area contributed by atoms with Gasteiger partial charge in [-0.3, -0.25) is 0 Å². The van der Waals surface area contributed by atoms with Crippen LogP contribution in [0.5, 0.6) is 0 Å². The Morgan fingerprint density at radius 2 is 1.70 bits per heavy atom. The van der Waals surface area contributed by atoms with Crippen LogP contribution in [-0.4, -0.2) is 6.54 Å². The molecule has 0 aromatic heterocycles. The summed E-state index contributed by atoms with van der Waals surface area (Å²) in [5.74, 6) is 3.12. The standard InChI is InChI=1S/C19H27N/c1-3-7-17-14(5-1)6-2-4-8-19(17)20-13-18(15-9-10-15)16-11-12-16/h1,3,5,7,15-16,18-20H,2,4,6,8-13H2. The zero-order valence-electron chi connectivity index (χ0n) is 12.5. The van der Waals surface area contributed by atoms with E-state index in [9.17, 15) is 0 Å². The molecule has 0 amide bonds. The normalized spacial score (nSPS) is 26.4. The van der Waals surface area contributed by atoms with E-state index in [0.29, 0.717) is 6.04 Å². The van der Waals surface area contributed by atoms with E-state index in [1.165, 1.54) is 57.9 Å². The smallest absolute Gasteiger partial charge is 0.0323 e. The number of hydrogen-bond donors (Lipinski definition) is 1. The fourth-order valence-electron chi connectivity index (χ4n) is 4.18. The van der Waals surface area contributed by atoms with E-state index < -0.39 is 0 Å². The molecule has 1 aromatic carbocycles. The monoisotopic (exact) mass is 269 g/mol. The van der Waals surface area contributed by atoms with Crippen molar-refractivity contribution in [2.45, 2.75) is 57.4 Å². The van der Waals surface area contributed by atoms with Gasteiger partial charge in [0.25, 0.3) is 0 Å². The van der Waals surface area contributed by atoms with E-state index in [-0.39, 0.29) is 0 Å². The van der Waals surface area contributed by atoms with Crippen molar-refractivity contribution in [3.05, 3.63) is 35.4 Å². The maximum Gasteiger partial charge on any atom is 0.0323 e. The quantitative estimate of drug-likeness (QED) is 0.777. The Morgan fingerprint density at radius 3 is 2.45 bits per heavy atom. The number of nitrogens with one attached hydrogen (secondary N) is 1. The van der Waals surface area contributed by atoms with E-state index in [1.54, 1.807) is 11.1 Å². The van der Waals surface area contributed by atoms with Crippen molar-refractivity contribution in [2.24, 2.45) is 17.8 Å². The first-order valence-electron chi connectivity index (χ1n) is 8.73. The fraction of sp³-hybridized carbons (Fsp3) is 0.684. The molecular formula is C19H27N. The summed E-state index contributed by atoms with van der Waals surface area (Å²) in [6.45, 7) is 1.27. The second-order valence-corrected chi connectivity index (χ2v) is 7.24. The molecule has 20 heavy (non-hydrogen) atoms. The van der Waals surface area contributed by atoms with Crippen LogP contribution in [0.3, 0.4) is 0 Å². The van der Waals surface area contributed by atoms with E-state index >= 15 is 0 Å². The SMILES string of the molecule is c1ccc2c(c1)CCCCC2NCC(C1CC1)C1CC1. The van der Waals surface area contributed by atoms with Crippen molar-refractivity contribution in [3.63, 3.8) is 0 Å². The van der Waals surface area contributed by atoms with Gasteiger partial charge < -0.3 is 5.32 Å². The van der Waals surface area contributed by atoms with Crippen LogP contribution in [0.25, 0.3) is 0 Å². The van der Waals surface area contributed by atoms with Crippen LogP contribution in [0, 0.1) is 17.8 Å². The van der Waals surface area contributed by atoms with Gasteiger partial charge in [-0.05, 0) is 80.4 Å². The minimum atomic E-state index is 0.619. The highest BCUT2D eigenvalue weighted by Crippen LogP contribution is 2.49. The molecule has 0 heterocycles. The number of rotatable bonds is 5. The maximum absolute atomic E-state index is 3.96. The molecule has 0 aliphatic heterocycles. The van der Waals surface area contributed by atoms with E-state index in [1.807, 2.05) is 0 Å². The summed E-state index contributed by atoms with van der Waals surface area (Å²) in [5, 5.41) is 3.96. The molecule has 3 aliphatic carbocycles. The Kier molecular flexibility index (Phi) is 3.56. The lowest BCUT2D eigenvalue weighted by atomic mass is 9.95. The number of hydrogen-bond acceptors (Lipinski definition) is 1. The lowest BCUT2D eigenvalue weighted by Gasteiger charge is -2.23. The largest absolute Gasteiger partial charge is 0.310 e. The van der Waals surface area contributed by atoms with Gasteiger partial charge in [0.1, 0.15) is 0 Å². The van der Waals surface area contributed by atoms with Crippen LogP contribution in [0.2, 0.25) is 0 Å². The highest BCUT2D eigenvalue weighted by Gasteiger charge is 2.41. The molecule has 1 unspecified atom stereocenters. The lowest BCUT2D eigenvalue weighted by molar-refractivity contribution is 0.348. The van der Waals surface area contributed by atoms with Gasteiger partial charge >= 0.3 is 0 Å². The van der Waals surface area contributed by atoms with E-state index in [2.05, 4.69) is 29.6 Å². The van der Waals surface area contributed by atoms with Crippen LogP contribution in [0.4, 0.5) is 0 Å². The number of benzene rings is 1. The molecule has 0 saturated heterocycles. The van der Waals surface area contributed by atoms with Crippen molar-refractivity contribution < 1.29 is 0 Å². The molecule has 2 fully saturated rings. The van der Waals surface area contributed by atoms with Gasteiger partial charge in [0.2, 0.25) is 0 Å². The van der Waals surface area contributed by atoms with Crippen LogP contribution >= 0.6 is 0 Å². The van der Waals surface area contributed by atoms with Gasteiger partial charge in [-0.1, -0.05) is 30.7 Å². The van der Waals surface area contributed by atoms with Gasteiger partial charge in [0.05, 0.1) is 0 Å². The molecule has 0 radical (unpaired) electrons. The Morgan fingerprint density at radius 1 is 0.950 bits per heavy atom. The first-order valence-corrected chi connectivity index (χ1v) is 8.73. The van der Waals surface area contributed by atoms with Crippen molar-refractivity contribution >= 4 is 0 Å². The summed E-state index contributed by atoms with van der Waals surface area (Å²) < 4.78 is 0. The van der Waals surface area contributed by atoms with Gasteiger partial charge in [0, 0.05) is 6.04 Å². The molecule has 4 rings (SSSR count). The third-order valence-corrected chi connectivity index (χ3v) is 5.67. The van der Waals surface area contributed by atoms with Crippen LogP contribution < -0.4 is 5.32 Å². The summed E-state index contributed by atoms with van der Waals surface area (Å²) in [6, 6.07) is 9.75. The van der Waals surface area contributed by atoms with Gasteiger partial charge in [-0.25, -0.2) is 0 Å². The molecule has 1 N–H and O–H groups in total. The summed E-state index contributed by atoms with van der Waals surface area (Å²) in [7, 11) is 0. The Hall–Kier alpha value is -0.820. The predicted molar refractivity (Wildman–Crippen MR) is 83.7 cm³/mol. The Labute approximate surface area is 123 Å². The summed E-state index contributed by atoms with van der Waals surface area (Å²) in [5.41, 5.74) is 3.19. The van der Waals surface area contributed by atoms with Gasteiger partial charge in [-0.15, -0.1) is 0 Å². The molecule has 1 nitrogen and oxygen atoms in total. The average Bonchev–Trinajstić information content (AvgIpc) is 3.34. The number of aryl methyl sites for hydroxylation is 1. The summed E-state index contributed by atoms with van der Waals surface area (Å²) in [4.78, 5) is 0. The zero-order valence-corrected chi connectivity index (χ0v) is 12.5. The molecule has 0 bridgehead atoms. The van der Waals surface area contributed by atoms with Crippen molar-refractivity contribution in [1.29, 1.82) is 0 Å². The molecule has 1 heteroatoms. The Balaban J connectivity index is 1.44. The fourth-order valence-corrected chi connectivity index (χ4v) is 4.18. The minimum Gasteiger partial charge on any atom is -0.310 e. The Bertz CT molecular complexity index is 447. The maximum atomic E-state index is 3.96. The lowest BCUT2D eigenvalue weighted by Crippen LogP contribution is -2.29. The second-order valence-electron chi connectivity index (χ2n) is 7.24. The molecule has 1 aromatic rings. The van der Waals surface area contributed by atoms with Crippen LogP contribution in [-0.2, 0) is 6.42 Å². The molecule has 1 atom stereocenters. The molecule has 3 aliphatic rings. The molecular weight excluding hydrogens is 242 g/mol. The van der Waals surface area contributed by atoms with E-state index in [4.69, 9.17) is 0 Å². The van der Waals surface area contributed by atoms with E-state index in [0.717, 1.165) is 17.8 Å². The van der Waals surface area contributed by atoms with Crippen molar-refractivity contribution in [1.82, 2.24) is 5.32 Å². The van der Waals surface area contributed by atoms with Crippen molar-refractivity contribution in [2.75, 3.05) is 6.54 Å². The highest BCUT2D eigenvalue weighted by atomic mass is 14.9. The summed E-state index contributed by atoms with van der Waals surface area (Å²) >= 11 is 0. The van der Waals surface area contributed by atoms with Crippen LogP contribution in [0.15, 0.2) is 24.3 Å². The third kappa shape index (κ3) is 2.79. The molecule has 0 spiro atoms. The predicted octanol–water partition coefficient (Wildman–Crippen LogP) is 4.48.